The van der Waals surface area contributed by atoms with Crippen LogP contribution >= 0.6 is 12.4 Å². The number of nitrogens with two attached hydrogens (primary N) is 2. The molecular formula is C12H21ClN2O2. The van der Waals surface area contributed by atoms with Crippen LogP contribution in [-0.4, -0.2) is 18.8 Å². The van der Waals surface area contributed by atoms with Gasteiger partial charge in [-0.1, -0.05) is 12.5 Å². The molecule has 1 rings (SSSR count). The number of aromatic hydroxyl groups is 1. The second-order valence-electron chi connectivity index (χ2n) is 3.82. The second-order valence-corrected chi connectivity index (χ2v) is 3.82. The van der Waals surface area contributed by atoms with Crippen molar-refractivity contribution in [1.82, 2.24) is 0 Å². The fraction of sp³-hybridized carbons (Fsp3) is 0.500. The zero-order valence-corrected chi connectivity index (χ0v) is 10.9. The van der Waals surface area contributed by atoms with Crippen molar-refractivity contribution in [2.75, 3.05) is 13.7 Å². The molecule has 1 aromatic carbocycles. The first-order valence-electron chi connectivity index (χ1n) is 5.51. The van der Waals surface area contributed by atoms with Gasteiger partial charge >= 0.3 is 0 Å². The predicted molar refractivity (Wildman–Crippen MR) is 71.7 cm³/mol. The molecule has 0 aliphatic rings. The van der Waals surface area contributed by atoms with E-state index in [1.165, 1.54) is 7.11 Å². The minimum atomic E-state index is -0.0268. The Balaban J connectivity index is 0.00000256. The van der Waals surface area contributed by atoms with Crippen LogP contribution in [0.25, 0.3) is 0 Å². The highest BCUT2D eigenvalue weighted by Crippen LogP contribution is 2.29. The Hall–Kier alpha value is -0.970. The summed E-state index contributed by atoms with van der Waals surface area (Å²) in [5, 5.41) is 9.45. The van der Waals surface area contributed by atoms with Gasteiger partial charge < -0.3 is 21.3 Å². The van der Waals surface area contributed by atoms with E-state index in [0.29, 0.717) is 12.3 Å². The molecule has 0 amide bonds. The highest BCUT2D eigenvalue weighted by Gasteiger charge is 2.09. The van der Waals surface area contributed by atoms with Crippen molar-refractivity contribution < 1.29 is 9.84 Å². The van der Waals surface area contributed by atoms with Crippen LogP contribution in [0, 0.1) is 0 Å². The SMILES string of the molecule is COc1cc([C@@H](N)CCCCN)ccc1O.Cl. The molecule has 17 heavy (non-hydrogen) atoms. The molecule has 0 aliphatic heterocycles. The topological polar surface area (TPSA) is 81.5 Å². The summed E-state index contributed by atoms with van der Waals surface area (Å²) in [6.07, 6.45) is 2.90. The summed E-state index contributed by atoms with van der Waals surface area (Å²) in [6, 6.07) is 5.19. The highest BCUT2D eigenvalue weighted by atomic mass is 35.5. The lowest BCUT2D eigenvalue weighted by atomic mass is 10.0. The molecule has 0 radical (unpaired) electrons. The molecule has 98 valence electrons. The van der Waals surface area contributed by atoms with Gasteiger partial charge in [0.15, 0.2) is 11.5 Å². The van der Waals surface area contributed by atoms with Crippen molar-refractivity contribution in [3.8, 4) is 11.5 Å². The first-order chi connectivity index (χ1) is 7.69. The van der Waals surface area contributed by atoms with Gasteiger partial charge in [0.2, 0.25) is 0 Å². The van der Waals surface area contributed by atoms with Gasteiger partial charge in [-0.2, -0.15) is 0 Å². The molecule has 0 bridgehead atoms. The maximum Gasteiger partial charge on any atom is 0.160 e. The zero-order chi connectivity index (χ0) is 12.0. The minimum absolute atomic E-state index is 0. The van der Waals surface area contributed by atoms with Gasteiger partial charge in [0.05, 0.1) is 7.11 Å². The first-order valence-corrected chi connectivity index (χ1v) is 5.51. The van der Waals surface area contributed by atoms with Gasteiger partial charge in [0.1, 0.15) is 0 Å². The number of phenols is 1. The summed E-state index contributed by atoms with van der Waals surface area (Å²) >= 11 is 0. The van der Waals surface area contributed by atoms with Crippen LogP contribution in [0.1, 0.15) is 30.9 Å². The third-order valence-electron chi connectivity index (χ3n) is 2.60. The summed E-state index contributed by atoms with van der Waals surface area (Å²) in [5.41, 5.74) is 12.4. The Morgan fingerprint density at radius 3 is 2.65 bits per heavy atom. The van der Waals surface area contributed by atoms with Crippen LogP contribution in [0.3, 0.4) is 0 Å². The molecular weight excluding hydrogens is 240 g/mol. The zero-order valence-electron chi connectivity index (χ0n) is 10.1. The van der Waals surface area contributed by atoms with Crippen molar-refractivity contribution in [3.63, 3.8) is 0 Å². The van der Waals surface area contributed by atoms with Gasteiger partial charge in [-0.25, -0.2) is 0 Å². The average molecular weight is 261 g/mol. The molecule has 0 aromatic heterocycles. The largest absolute Gasteiger partial charge is 0.504 e. The Kier molecular flexibility index (Phi) is 7.70. The van der Waals surface area contributed by atoms with Gasteiger partial charge in [-0.3, -0.25) is 0 Å². The van der Waals surface area contributed by atoms with E-state index in [1.807, 2.05) is 6.07 Å². The predicted octanol–water partition coefficient (Wildman–Crippen LogP) is 1.95. The van der Waals surface area contributed by atoms with E-state index in [2.05, 4.69) is 0 Å². The molecule has 1 aromatic rings. The van der Waals surface area contributed by atoms with Crippen LogP contribution in [0.15, 0.2) is 18.2 Å². The third kappa shape index (κ3) is 4.81. The van der Waals surface area contributed by atoms with E-state index in [0.717, 1.165) is 24.8 Å². The summed E-state index contributed by atoms with van der Waals surface area (Å²) in [4.78, 5) is 0. The van der Waals surface area contributed by atoms with Crippen LogP contribution in [0.5, 0.6) is 11.5 Å². The molecule has 1 atom stereocenters. The highest BCUT2D eigenvalue weighted by molar-refractivity contribution is 5.85. The third-order valence-corrected chi connectivity index (χ3v) is 2.60. The molecule has 5 N–H and O–H groups in total. The Morgan fingerprint density at radius 2 is 2.06 bits per heavy atom. The second kappa shape index (κ2) is 8.17. The number of halogens is 1. The Morgan fingerprint density at radius 1 is 1.35 bits per heavy atom. The maximum absolute atomic E-state index is 9.45. The molecule has 0 spiro atoms. The quantitative estimate of drug-likeness (QED) is 0.683. The van der Waals surface area contributed by atoms with Crippen molar-refractivity contribution in [2.24, 2.45) is 11.5 Å². The summed E-state index contributed by atoms with van der Waals surface area (Å²) < 4.78 is 5.04. The van der Waals surface area contributed by atoms with Crippen molar-refractivity contribution in [2.45, 2.75) is 25.3 Å². The van der Waals surface area contributed by atoms with Crippen LogP contribution < -0.4 is 16.2 Å². The smallest absolute Gasteiger partial charge is 0.160 e. The molecule has 0 saturated carbocycles. The van der Waals surface area contributed by atoms with Gasteiger partial charge in [0, 0.05) is 6.04 Å². The van der Waals surface area contributed by atoms with Crippen LogP contribution in [0.4, 0.5) is 0 Å². The molecule has 5 heteroatoms. The number of benzene rings is 1. The molecule has 0 unspecified atom stereocenters. The molecule has 0 saturated heterocycles. The monoisotopic (exact) mass is 260 g/mol. The fourth-order valence-electron chi connectivity index (χ4n) is 1.60. The van der Waals surface area contributed by atoms with Gasteiger partial charge in [-0.15, -0.1) is 12.4 Å². The molecule has 4 nitrogen and oxygen atoms in total. The van der Waals surface area contributed by atoms with Gasteiger partial charge in [-0.05, 0) is 37.1 Å². The van der Waals surface area contributed by atoms with Gasteiger partial charge in [0.25, 0.3) is 0 Å². The lowest BCUT2D eigenvalue weighted by Gasteiger charge is -2.13. The molecule has 0 aliphatic carbocycles. The number of unbranched alkanes of at least 4 members (excludes halogenated alkanes) is 1. The number of methoxy groups -OCH3 is 1. The number of rotatable bonds is 6. The van der Waals surface area contributed by atoms with E-state index in [9.17, 15) is 5.11 Å². The number of hydrogen-bond donors (Lipinski definition) is 3. The van der Waals surface area contributed by atoms with Crippen molar-refractivity contribution >= 4 is 12.4 Å². The normalized spacial score (nSPS) is 11.7. The average Bonchev–Trinajstić information content (AvgIpc) is 2.30. The van der Waals surface area contributed by atoms with Crippen LogP contribution in [-0.2, 0) is 0 Å². The first kappa shape index (κ1) is 16.0. The number of ether oxygens (including phenoxy) is 1. The van der Waals surface area contributed by atoms with Crippen molar-refractivity contribution in [3.05, 3.63) is 23.8 Å². The summed E-state index contributed by atoms with van der Waals surface area (Å²) in [5.74, 6) is 0.604. The molecule has 0 fully saturated rings. The minimum Gasteiger partial charge on any atom is -0.504 e. The Bertz CT molecular complexity index is 334. The van der Waals surface area contributed by atoms with E-state index >= 15 is 0 Å². The Labute approximate surface area is 108 Å². The van der Waals surface area contributed by atoms with Crippen molar-refractivity contribution in [1.29, 1.82) is 0 Å². The van der Waals surface area contributed by atoms with E-state index in [1.54, 1.807) is 12.1 Å². The van der Waals surface area contributed by atoms with Crippen LogP contribution in [0.2, 0.25) is 0 Å². The van der Waals surface area contributed by atoms with E-state index in [-0.39, 0.29) is 24.2 Å². The van der Waals surface area contributed by atoms with E-state index in [4.69, 9.17) is 16.2 Å². The standard InChI is InChI=1S/C12H20N2O2.ClH/c1-16-12-8-9(5-6-11(12)15)10(14)4-2-3-7-13;/h5-6,8,10,15H,2-4,7,13-14H2,1H3;1H/t10-;/m0./s1. The van der Waals surface area contributed by atoms with E-state index < -0.39 is 0 Å². The summed E-state index contributed by atoms with van der Waals surface area (Å²) in [7, 11) is 1.53. The molecule has 0 heterocycles. The number of phenolic OH excluding ortho intramolecular Hbond substituents is 1. The lowest BCUT2D eigenvalue weighted by molar-refractivity contribution is 0.372. The fourth-order valence-corrected chi connectivity index (χ4v) is 1.60. The summed E-state index contributed by atoms with van der Waals surface area (Å²) in [6.45, 7) is 0.700. The lowest BCUT2D eigenvalue weighted by Crippen LogP contribution is -2.11. The maximum atomic E-state index is 9.45. The number of hydrogen-bond acceptors (Lipinski definition) is 4.